The third kappa shape index (κ3) is 4.39. The zero-order chi connectivity index (χ0) is 19.3. The van der Waals surface area contributed by atoms with Gasteiger partial charge in [-0.05, 0) is 30.5 Å². The molecule has 2 aromatic rings. The van der Waals surface area contributed by atoms with Crippen molar-refractivity contribution >= 4 is 11.8 Å². The average Bonchev–Trinajstić information content (AvgIpc) is 3.17. The highest BCUT2D eigenvalue weighted by Gasteiger charge is 2.29. The number of pyridine rings is 1. The topological polar surface area (TPSA) is 83.4 Å². The fraction of sp³-hybridized carbons (Fsp3) is 0.500. The quantitative estimate of drug-likeness (QED) is 0.813. The molecule has 0 aromatic carbocycles. The summed E-state index contributed by atoms with van der Waals surface area (Å²) in [4.78, 5) is 36.9. The van der Waals surface area contributed by atoms with Gasteiger partial charge in [-0.3, -0.25) is 19.5 Å². The lowest BCUT2D eigenvalue weighted by Crippen LogP contribution is -2.52. The molecule has 28 heavy (non-hydrogen) atoms. The molecule has 1 N–H and O–H groups in total. The molecule has 4 heterocycles. The maximum Gasteiger partial charge on any atom is 0.236 e. The summed E-state index contributed by atoms with van der Waals surface area (Å²) in [6.07, 6.45) is 9.44. The fourth-order valence-electron chi connectivity index (χ4n) is 4.03. The molecule has 148 valence electrons. The average molecular weight is 382 g/mol. The lowest BCUT2D eigenvalue weighted by Gasteiger charge is -2.35. The van der Waals surface area contributed by atoms with Crippen LogP contribution in [-0.4, -0.2) is 75.4 Å². The summed E-state index contributed by atoms with van der Waals surface area (Å²) in [6, 6.07) is 4.02. The zero-order valence-electron chi connectivity index (χ0n) is 16.0. The lowest BCUT2D eigenvalue weighted by atomic mass is 9.97. The third-order valence-corrected chi connectivity index (χ3v) is 5.47. The molecular formula is C20H26N6O2. The molecule has 0 aliphatic carbocycles. The number of rotatable bonds is 5. The van der Waals surface area contributed by atoms with Gasteiger partial charge in [-0.1, -0.05) is 0 Å². The van der Waals surface area contributed by atoms with Crippen LogP contribution in [0.2, 0.25) is 0 Å². The second kappa shape index (κ2) is 8.52. The molecule has 8 nitrogen and oxygen atoms in total. The van der Waals surface area contributed by atoms with Crippen molar-refractivity contribution in [3.8, 4) is 0 Å². The maximum atomic E-state index is 12.8. The van der Waals surface area contributed by atoms with Gasteiger partial charge in [-0.25, -0.2) is 4.98 Å². The molecule has 2 fully saturated rings. The predicted molar refractivity (Wildman–Crippen MR) is 104 cm³/mol. The van der Waals surface area contributed by atoms with Crippen LogP contribution in [0, 0.1) is 0 Å². The molecule has 0 spiro atoms. The van der Waals surface area contributed by atoms with E-state index in [9.17, 15) is 9.59 Å². The summed E-state index contributed by atoms with van der Waals surface area (Å²) in [7, 11) is 0. The van der Waals surface area contributed by atoms with E-state index in [0.717, 1.165) is 38.3 Å². The number of aromatic nitrogens is 3. The molecule has 8 heteroatoms. The Morgan fingerprint density at radius 3 is 2.89 bits per heavy atom. The van der Waals surface area contributed by atoms with Crippen LogP contribution < -0.4 is 5.32 Å². The van der Waals surface area contributed by atoms with Crippen molar-refractivity contribution in [3.05, 3.63) is 48.3 Å². The summed E-state index contributed by atoms with van der Waals surface area (Å²) >= 11 is 0. The number of piperidine rings is 1. The Balaban J connectivity index is 1.39. The number of hydrogen-bond acceptors (Lipinski definition) is 5. The third-order valence-electron chi connectivity index (χ3n) is 5.47. The van der Waals surface area contributed by atoms with Crippen molar-refractivity contribution in [1.82, 2.24) is 29.7 Å². The molecule has 0 bridgehead atoms. The molecule has 1 atom stereocenters. The van der Waals surface area contributed by atoms with Gasteiger partial charge in [-0.15, -0.1) is 0 Å². The molecular weight excluding hydrogens is 356 g/mol. The first-order chi connectivity index (χ1) is 13.7. The Bertz CT molecular complexity index is 821. The van der Waals surface area contributed by atoms with E-state index in [1.165, 1.54) is 5.56 Å². The van der Waals surface area contributed by atoms with Crippen LogP contribution in [-0.2, 0) is 16.1 Å². The highest BCUT2D eigenvalue weighted by Crippen LogP contribution is 2.26. The van der Waals surface area contributed by atoms with E-state index in [0.29, 0.717) is 26.2 Å². The van der Waals surface area contributed by atoms with E-state index in [2.05, 4.69) is 19.9 Å². The highest BCUT2D eigenvalue weighted by molar-refractivity contribution is 5.82. The van der Waals surface area contributed by atoms with Crippen molar-refractivity contribution in [2.45, 2.75) is 25.3 Å². The Morgan fingerprint density at radius 1 is 1.21 bits per heavy atom. The predicted octanol–water partition coefficient (Wildman–Crippen LogP) is 0.464. The van der Waals surface area contributed by atoms with Crippen LogP contribution in [0.3, 0.4) is 0 Å². The first-order valence-electron chi connectivity index (χ1n) is 9.86. The summed E-state index contributed by atoms with van der Waals surface area (Å²) in [5.74, 6) is 1.37. The summed E-state index contributed by atoms with van der Waals surface area (Å²) < 4.78 is 2.17. The normalized spacial score (nSPS) is 20.8. The minimum absolute atomic E-state index is 0.00582. The van der Waals surface area contributed by atoms with Crippen LogP contribution in [0.25, 0.3) is 0 Å². The van der Waals surface area contributed by atoms with E-state index in [4.69, 9.17) is 0 Å². The lowest BCUT2D eigenvalue weighted by molar-refractivity contribution is -0.135. The SMILES string of the molecule is O=C1CN(CC(=O)N2CCC[C@H](c3nccn3Cc3ccncc3)C2)CCN1. The van der Waals surface area contributed by atoms with Crippen LogP contribution in [0.15, 0.2) is 36.9 Å². The molecule has 0 saturated carbocycles. The van der Waals surface area contributed by atoms with Crippen molar-refractivity contribution in [2.75, 3.05) is 39.3 Å². The van der Waals surface area contributed by atoms with Gasteiger partial charge in [0.15, 0.2) is 0 Å². The van der Waals surface area contributed by atoms with Gasteiger partial charge in [-0.2, -0.15) is 0 Å². The minimum Gasteiger partial charge on any atom is -0.354 e. The second-order valence-electron chi connectivity index (χ2n) is 7.51. The van der Waals surface area contributed by atoms with Crippen LogP contribution >= 0.6 is 0 Å². The standard InChI is InChI=1S/C20H26N6O2/c27-18-14-24(10-7-22-18)15-19(28)25-9-1-2-17(13-25)20-23-8-11-26(20)12-16-3-5-21-6-4-16/h3-6,8,11,17H,1-2,7,9-10,12-15H2,(H,22,27)/t17-/m0/s1. The van der Waals surface area contributed by atoms with E-state index in [-0.39, 0.29) is 17.7 Å². The van der Waals surface area contributed by atoms with Crippen molar-refractivity contribution in [3.63, 3.8) is 0 Å². The number of likely N-dealkylation sites (tertiary alicyclic amines) is 1. The van der Waals surface area contributed by atoms with Crippen LogP contribution in [0.4, 0.5) is 0 Å². The van der Waals surface area contributed by atoms with Crippen LogP contribution in [0.1, 0.15) is 30.1 Å². The van der Waals surface area contributed by atoms with Gasteiger partial charge in [0.25, 0.3) is 0 Å². The number of imidazole rings is 1. The molecule has 0 unspecified atom stereocenters. The number of carbonyl (C=O) groups excluding carboxylic acids is 2. The molecule has 4 rings (SSSR count). The van der Waals surface area contributed by atoms with E-state index in [1.54, 1.807) is 12.4 Å². The van der Waals surface area contributed by atoms with Crippen molar-refractivity contribution in [2.24, 2.45) is 0 Å². The highest BCUT2D eigenvalue weighted by atomic mass is 16.2. The Morgan fingerprint density at radius 2 is 2.07 bits per heavy atom. The van der Waals surface area contributed by atoms with E-state index >= 15 is 0 Å². The summed E-state index contributed by atoms with van der Waals surface area (Å²) in [5, 5.41) is 2.80. The van der Waals surface area contributed by atoms with E-state index in [1.807, 2.05) is 34.3 Å². The molecule has 2 aliphatic heterocycles. The van der Waals surface area contributed by atoms with Crippen LogP contribution in [0.5, 0.6) is 0 Å². The van der Waals surface area contributed by atoms with Crippen molar-refractivity contribution < 1.29 is 9.59 Å². The summed E-state index contributed by atoms with van der Waals surface area (Å²) in [5.41, 5.74) is 1.18. The first kappa shape index (κ1) is 18.6. The maximum absolute atomic E-state index is 12.8. The number of piperazine rings is 1. The molecule has 2 aliphatic rings. The Hall–Kier alpha value is -2.74. The van der Waals surface area contributed by atoms with Gasteiger partial charge >= 0.3 is 0 Å². The fourth-order valence-corrected chi connectivity index (χ4v) is 4.03. The zero-order valence-corrected chi connectivity index (χ0v) is 16.0. The largest absolute Gasteiger partial charge is 0.354 e. The first-order valence-corrected chi connectivity index (χ1v) is 9.86. The second-order valence-corrected chi connectivity index (χ2v) is 7.51. The summed E-state index contributed by atoms with van der Waals surface area (Å²) in [6.45, 7) is 4.18. The van der Waals surface area contributed by atoms with Crippen molar-refractivity contribution in [1.29, 1.82) is 0 Å². The number of nitrogens with zero attached hydrogens (tertiary/aromatic N) is 5. The number of hydrogen-bond donors (Lipinski definition) is 1. The van der Waals surface area contributed by atoms with E-state index < -0.39 is 0 Å². The molecule has 0 radical (unpaired) electrons. The van der Waals surface area contributed by atoms with Gasteiger partial charge < -0.3 is 14.8 Å². The smallest absolute Gasteiger partial charge is 0.236 e. The number of amides is 2. The molecule has 2 amide bonds. The molecule has 2 saturated heterocycles. The van der Waals surface area contributed by atoms with Gasteiger partial charge in [0, 0.05) is 63.4 Å². The number of nitrogens with one attached hydrogen (secondary N) is 1. The van der Waals surface area contributed by atoms with Gasteiger partial charge in [0.1, 0.15) is 5.82 Å². The molecule has 2 aromatic heterocycles. The number of carbonyl (C=O) groups is 2. The van der Waals surface area contributed by atoms with Gasteiger partial charge in [0.05, 0.1) is 13.1 Å². The monoisotopic (exact) mass is 382 g/mol. The van der Waals surface area contributed by atoms with Gasteiger partial charge in [0.2, 0.25) is 11.8 Å². The minimum atomic E-state index is -0.00582. The Kier molecular flexibility index (Phi) is 5.66. The Labute approximate surface area is 164 Å².